The molecule has 0 radical (unpaired) electrons. The zero-order valence-electron chi connectivity index (χ0n) is 27.1. The molecule has 5 aromatic carbocycles. The van der Waals surface area contributed by atoms with Gasteiger partial charge in [0.15, 0.2) is 0 Å². The van der Waals surface area contributed by atoms with Crippen molar-refractivity contribution in [3.8, 4) is 44.5 Å². The molecule has 5 aromatic heterocycles. The summed E-state index contributed by atoms with van der Waals surface area (Å²) >= 11 is 1.78. The number of benzene rings is 5. The Morgan fingerprint density at radius 3 is 2.37 bits per heavy atom. The summed E-state index contributed by atoms with van der Waals surface area (Å²) in [5, 5.41) is 4.38. The summed E-state index contributed by atoms with van der Waals surface area (Å²) in [7, 11) is 0. The van der Waals surface area contributed by atoms with Gasteiger partial charge in [-0.3, -0.25) is 4.98 Å². The quantitative estimate of drug-likeness (QED) is 0.197. The number of para-hydroxylation sites is 2. The number of furan rings is 1. The minimum atomic E-state index is -0.00555. The van der Waals surface area contributed by atoms with Crippen LogP contribution < -0.4 is 0 Å². The van der Waals surface area contributed by atoms with Crippen molar-refractivity contribution in [3.63, 3.8) is 0 Å². The second-order valence-electron chi connectivity index (χ2n) is 13.0. The lowest BCUT2D eigenvalue weighted by atomic mass is 9.83. The lowest BCUT2D eigenvalue weighted by molar-refractivity contribution is 0.574. The van der Waals surface area contributed by atoms with Crippen LogP contribution in [0.5, 0.6) is 0 Å². The Morgan fingerprint density at radius 2 is 1.51 bits per heavy atom. The first-order valence-corrected chi connectivity index (χ1v) is 17.8. The number of nitrogens with one attached hydrogen (secondary N) is 1. The largest absolute Gasteiger partial charge is 0.456 e. The van der Waals surface area contributed by atoms with Crippen molar-refractivity contribution >= 4 is 60.3 Å². The van der Waals surface area contributed by atoms with Gasteiger partial charge in [0.1, 0.15) is 17.6 Å². The van der Waals surface area contributed by atoms with E-state index in [0.29, 0.717) is 5.89 Å². The molecule has 0 saturated heterocycles. The standard InChI is InChI=1S/C45H27N3O2S/c1-5-13-30-26(9-1)17-18-31(30)32-24-35-43(44(42(32)45-46-19-20-49-45)40-23-29-12-4-8-16-39(29)51-40)41(36-21-27-10-2-6-14-34(27)48-36)33(25-47-35)38-22-28-11-3-7-15-37(28)50-38/h1-25,31,48H. The summed E-state index contributed by atoms with van der Waals surface area (Å²) in [6, 6.07) is 42.6. The Hall–Kier alpha value is -6.50. The summed E-state index contributed by atoms with van der Waals surface area (Å²) < 4.78 is 14.1. The fraction of sp³-hybridized carbons (Fsp3) is 0.0222. The van der Waals surface area contributed by atoms with E-state index in [1.807, 2.05) is 24.4 Å². The fourth-order valence-corrected chi connectivity index (χ4v) is 8.98. The van der Waals surface area contributed by atoms with Crippen LogP contribution in [0.1, 0.15) is 22.6 Å². The molecule has 11 rings (SSSR count). The number of aromatic amines is 1. The smallest absolute Gasteiger partial charge is 0.226 e. The minimum absolute atomic E-state index is 0.00555. The van der Waals surface area contributed by atoms with Crippen LogP contribution in [0.2, 0.25) is 0 Å². The molecule has 1 atom stereocenters. The van der Waals surface area contributed by atoms with Crippen molar-refractivity contribution in [1.82, 2.24) is 15.0 Å². The zero-order chi connectivity index (χ0) is 33.5. The van der Waals surface area contributed by atoms with Crippen molar-refractivity contribution in [2.75, 3.05) is 0 Å². The maximum Gasteiger partial charge on any atom is 0.226 e. The van der Waals surface area contributed by atoms with Crippen LogP contribution >= 0.6 is 11.3 Å². The van der Waals surface area contributed by atoms with Gasteiger partial charge < -0.3 is 13.8 Å². The van der Waals surface area contributed by atoms with Crippen LogP contribution in [0.15, 0.2) is 155 Å². The molecule has 51 heavy (non-hydrogen) atoms. The minimum Gasteiger partial charge on any atom is -0.456 e. The Labute approximate surface area is 296 Å². The number of allylic oxidation sites excluding steroid dienone is 1. The zero-order valence-corrected chi connectivity index (χ0v) is 27.9. The molecule has 6 heteroatoms. The third-order valence-corrected chi connectivity index (χ3v) is 11.3. The number of rotatable bonds is 5. The van der Waals surface area contributed by atoms with Gasteiger partial charge in [-0.25, -0.2) is 4.98 Å². The average molecular weight is 674 g/mol. The number of hydrogen-bond donors (Lipinski definition) is 1. The molecule has 5 heterocycles. The number of H-pyrrole nitrogens is 1. The first-order chi connectivity index (χ1) is 25.3. The van der Waals surface area contributed by atoms with Crippen molar-refractivity contribution in [2.45, 2.75) is 5.92 Å². The van der Waals surface area contributed by atoms with Crippen LogP contribution in [0.4, 0.5) is 0 Å². The van der Waals surface area contributed by atoms with E-state index < -0.39 is 0 Å². The number of thiophene rings is 1. The Bertz CT molecular complexity index is 2900. The molecule has 1 unspecified atom stereocenters. The second-order valence-corrected chi connectivity index (χ2v) is 14.1. The molecule has 10 aromatic rings. The number of pyridine rings is 1. The normalized spacial score (nSPS) is 14.0. The van der Waals surface area contributed by atoms with Gasteiger partial charge in [-0.05, 0) is 64.5 Å². The molecular formula is C45H27N3O2S. The van der Waals surface area contributed by atoms with Gasteiger partial charge in [0.2, 0.25) is 5.89 Å². The molecule has 0 saturated carbocycles. The number of nitrogens with zero attached hydrogens (tertiary/aromatic N) is 2. The summed E-state index contributed by atoms with van der Waals surface area (Å²) in [5.74, 6) is 1.33. The highest BCUT2D eigenvalue weighted by atomic mass is 32.1. The molecular weight excluding hydrogens is 647 g/mol. The van der Waals surface area contributed by atoms with E-state index in [2.05, 4.69) is 120 Å². The van der Waals surface area contributed by atoms with Gasteiger partial charge in [0.25, 0.3) is 0 Å². The molecule has 0 fully saturated rings. The SMILES string of the molecule is C1=CC(c2cc3ncc(-c4cc5ccccc5o4)c(-c4cc5ccccc5[nH]4)c3c(-c3cc4ccccc4s3)c2-c2ncco2)c2ccccc21. The molecule has 0 amide bonds. The van der Waals surface area contributed by atoms with Crippen molar-refractivity contribution < 1.29 is 8.83 Å². The van der Waals surface area contributed by atoms with E-state index in [4.69, 9.17) is 18.8 Å². The number of fused-ring (bicyclic) bond motifs is 5. The molecule has 1 N–H and O–H groups in total. The molecule has 240 valence electrons. The lowest BCUT2D eigenvalue weighted by Crippen LogP contribution is -2.03. The molecule has 0 aliphatic heterocycles. The number of oxazole rings is 1. The maximum atomic E-state index is 6.59. The molecule has 1 aliphatic rings. The van der Waals surface area contributed by atoms with Crippen molar-refractivity contribution in [3.05, 3.63) is 163 Å². The Balaban J connectivity index is 1.33. The summed E-state index contributed by atoms with van der Waals surface area (Å²) in [4.78, 5) is 15.0. The topological polar surface area (TPSA) is 67.8 Å². The van der Waals surface area contributed by atoms with Crippen LogP contribution in [0.3, 0.4) is 0 Å². The number of aromatic nitrogens is 3. The van der Waals surface area contributed by atoms with Crippen LogP contribution in [-0.2, 0) is 0 Å². The van der Waals surface area contributed by atoms with Gasteiger partial charge in [-0.2, -0.15) is 0 Å². The van der Waals surface area contributed by atoms with Gasteiger partial charge in [-0.1, -0.05) is 91.0 Å². The Kier molecular flexibility index (Phi) is 6.12. The maximum absolute atomic E-state index is 6.59. The highest BCUT2D eigenvalue weighted by Crippen LogP contribution is 2.52. The number of hydrogen-bond acceptors (Lipinski definition) is 5. The average Bonchev–Trinajstić information content (AvgIpc) is 4.02. The first-order valence-electron chi connectivity index (χ1n) is 17.0. The monoisotopic (exact) mass is 673 g/mol. The molecule has 1 aliphatic carbocycles. The summed E-state index contributed by atoms with van der Waals surface area (Å²) in [6.07, 6.45) is 9.88. The summed E-state index contributed by atoms with van der Waals surface area (Å²) in [5.41, 5.74) is 11.3. The predicted octanol–water partition coefficient (Wildman–Crippen LogP) is 12.5. The third kappa shape index (κ3) is 4.40. The molecule has 0 spiro atoms. The van der Waals surface area contributed by atoms with Gasteiger partial charge >= 0.3 is 0 Å². The first kappa shape index (κ1) is 28.3. The summed E-state index contributed by atoms with van der Waals surface area (Å²) in [6.45, 7) is 0. The highest BCUT2D eigenvalue weighted by molar-refractivity contribution is 7.22. The van der Waals surface area contributed by atoms with E-state index >= 15 is 0 Å². The highest BCUT2D eigenvalue weighted by Gasteiger charge is 2.31. The lowest BCUT2D eigenvalue weighted by Gasteiger charge is -2.22. The molecule has 0 bridgehead atoms. The predicted molar refractivity (Wildman–Crippen MR) is 208 cm³/mol. The van der Waals surface area contributed by atoms with E-state index in [9.17, 15) is 0 Å². The van der Waals surface area contributed by atoms with E-state index in [-0.39, 0.29) is 5.92 Å². The van der Waals surface area contributed by atoms with E-state index in [0.717, 1.165) is 76.9 Å². The van der Waals surface area contributed by atoms with E-state index in [1.165, 1.54) is 21.2 Å². The third-order valence-electron chi connectivity index (χ3n) is 10.1. The second kappa shape index (κ2) is 11.0. The fourth-order valence-electron chi connectivity index (χ4n) is 7.86. The van der Waals surface area contributed by atoms with Crippen molar-refractivity contribution in [2.24, 2.45) is 0 Å². The van der Waals surface area contributed by atoms with E-state index in [1.54, 1.807) is 23.8 Å². The van der Waals surface area contributed by atoms with Gasteiger partial charge in [-0.15, -0.1) is 11.3 Å². The molecule has 5 nitrogen and oxygen atoms in total. The van der Waals surface area contributed by atoms with Crippen molar-refractivity contribution in [1.29, 1.82) is 0 Å². The van der Waals surface area contributed by atoms with Crippen LogP contribution in [0, 0.1) is 0 Å². The van der Waals surface area contributed by atoms with Crippen LogP contribution in [-0.4, -0.2) is 15.0 Å². The van der Waals surface area contributed by atoms with Gasteiger partial charge in [0.05, 0.1) is 17.3 Å². The van der Waals surface area contributed by atoms with Gasteiger partial charge in [0, 0.05) is 65.8 Å². The Morgan fingerprint density at radius 1 is 0.686 bits per heavy atom. The van der Waals surface area contributed by atoms with Crippen LogP contribution in [0.25, 0.3) is 93.4 Å².